The SMILES string of the molecule is CNC(CCc1cccs1)c1ncc(Br)cc1Br. The molecule has 2 rings (SSSR count). The van der Waals surface area contributed by atoms with Crippen molar-refractivity contribution in [2.45, 2.75) is 18.9 Å². The van der Waals surface area contributed by atoms with Crippen LogP contribution in [0.25, 0.3) is 0 Å². The van der Waals surface area contributed by atoms with Crippen LogP contribution in [0, 0.1) is 0 Å². The summed E-state index contributed by atoms with van der Waals surface area (Å²) in [6.07, 6.45) is 3.97. The highest BCUT2D eigenvalue weighted by atomic mass is 79.9. The molecular weight excluding hydrogens is 376 g/mol. The highest BCUT2D eigenvalue weighted by Crippen LogP contribution is 2.27. The van der Waals surface area contributed by atoms with Crippen LogP contribution >= 0.6 is 43.2 Å². The fourth-order valence-electron chi connectivity index (χ4n) is 1.84. The minimum atomic E-state index is 0.273. The maximum Gasteiger partial charge on any atom is 0.0715 e. The number of rotatable bonds is 5. The quantitative estimate of drug-likeness (QED) is 0.810. The molecule has 1 unspecified atom stereocenters. The summed E-state index contributed by atoms with van der Waals surface area (Å²) in [5.41, 5.74) is 1.07. The Morgan fingerprint density at radius 3 is 2.89 bits per heavy atom. The molecule has 0 radical (unpaired) electrons. The lowest BCUT2D eigenvalue weighted by Crippen LogP contribution is -2.18. The van der Waals surface area contributed by atoms with Gasteiger partial charge in [-0.05, 0) is 69.3 Å². The summed E-state index contributed by atoms with van der Waals surface area (Å²) in [4.78, 5) is 5.92. The molecule has 0 amide bonds. The van der Waals surface area contributed by atoms with Gasteiger partial charge >= 0.3 is 0 Å². The normalized spacial score (nSPS) is 12.6. The first kappa shape index (κ1) is 14.2. The van der Waals surface area contributed by atoms with E-state index in [1.165, 1.54) is 4.88 Å². The molecular formula is C13H14Br2N2S. The Hall–Kier alpha value is -0.230. The molecule has 1 N–H and O–H groups in total. The number of aryl methyl sites for hydroxylation is 1. The average molecular weight is 390 g/mol. The molecule has 0 spiro atoms. The number of halogens is 2. The van der Waals surface area contributed by atoms with Crippen LogP contribution in [0.1, 0.15) is 23.0 Å². The van der Waals surface area contributed by atoms with Gasteiger partial charge in [0.2, 0.25) is 0 Å². The molecule has 0 saturated heterocycles. The van der Waals surface area contributed by atoms with Crippen LogP contribution in [0.3, 0.4) is 0 Å². The van der Waals surface area contributed by atoms with Gasteiger partial charge in [-0.1, -0.05) is 6.07 Å². The zero-order valence-electron chi connectivity index (χ0n) is 9.99. The van der Waals surface area contributed by atoms with Gasteiger partial charge in [0.1, 0.15) is 0 Å². The van der Waals surface area contributed by atoms with E-state index < -0.39 is 0 Å². The Morgan fingerprint density at radius 2 is 2.28 bits per heavy atom. The van der Waals surface area contributed by atoms with Crippen LogP contribution in [0.2, 0.25) is 0 Å². The van der Waals surface area contributed by atoms with Crippen LogP contribution in [0.5, 0.6) is 0 Å². The molecule has 0 aliphatic carbocycles. The average Bonchev–Trinajstić information content (AvgIpc) is 2.85. The molecule has 2 aromatic rings. The molecule has 0 aromatic carbocycles. The summed E-state index contributed by atoms with van der Waals surface area (Å²) in [5, 5.41) is 5.46. The first-order valence-electron chi connectivity index (χ1n) is 5.71. The minimum Gasteiger partial charge on any atom is -0.312 e. The lowest BCUT2D eigenvalue weighted by atomic mass is 10.1. The number of thiophene rings is 1. The topological polar surface area (TPSA) is 24.9 Å². The largest absolute Gasteiger partial charge is 0.312 e. The third-order valence-electron chi connectivity index (χ3n) is 2.77. The summed E-state index contributed by atoms with van der Waals surface area (Å²) in [7, 11) is 1.98. The molecule has 0 aliphatic rings. The van der Waals surface area contributed by atoms with Crippen molar-refractivity contribution in [1.29, 1.82) is 0 Å². The summed E-state index contributed by atoms with van der Waals surface area (Å²) in [6.45, 7) is 0. The number of hydrogen-bond acceptors (Lipinski definition) is 3. The van der Waals surface area contributed by atoms with Gasteiger partial charge in [-0.25, -0.2) is 0 Å². The third kappa shape index (κ3) is 3.63. The van der Waals surface area contributed by atoms with E-state index in [9.17, 15) is 0 Å². The smallest absolute Gasteiger partial charge is 0.0715 e. The summed E-state index contributed by atoms with van der Waals surface area (Å²) < 4.78 is 2.04. The van der Waals surface area contributed by atoms with E-state index in [0.29, 0.717) is 0 Å². The lowest BCUT2D eigenvalue weighted by molar-refractivity contribution is 0.535. The van der Waals surface area contributed by atoms with E-state index in [0.717, 1.165) is 27.5 Å². The first-order chi connectivity index (χ1) is 8.70. The van der Waals surface area contributed by atoms with Crippen LogP contribution in [-0.4, -0.2) is 12.0 Å². The number of pyridine rings is 1. The van der Waals surface area contributed by atoms with Crippen molar-refractivity contribution in [3.63, 3.8) is 0 Å². The molecule has 2 heterocycles. The fraction of sp³-hybridized carbons (Fsp3) is 0.308. The van der Waals surface area contributed by atoms with E-state index in [1.54, 1.807) is 0 Å². The lowest BCUT2D eigenvalue weighted by Gasteiger charge is -2.16. The maximum atomic E-state index is 4.50. The first-order valence-corrected chi connectivity index (χ1v) is 8.18. The zero-order valence-corrected chi connectivity index (χ0v) is 14.0. The third-order valence-corrected chi connectivity index (χ3v) is 4.78. The molecule has 2 aromatic heterocycles. The van der Waals surface area contributed by atoms with Crippen LogP contribution < -0.4 is 5.32 Å². The number of nitrogens with one attached hydrogen (secondary N) is 1. The van der Waals surface area contributed by atoms with Crippen LogP contribution in [-0.2, 0) is 6.42 Å². The number of hydrogen-bond donors (Lipinski definition) is 1. The van der Waals surface area contributed by atoms with Crippen molar-refractivity contribution >= 4 is 43.2 Å². The summed E-state index contributed by atoms with van der Waals surface area (Å²) in [6, 6.07) is 6.59. The van der Waals surface area contributed by atoms with E-state index in [-0.39, 0.29) is 6.04 Å². The van der Waals surface area contributed by atoms with Crippen molar-refractivity contribution in [3.05, 3.63) is 49.3 Å². The molecule has 0 saturated carbocycles. The van der Waals surface area contributed by atoms with Crippen LogP contribution in [0.4, 0.5) is 0 Å². The summed E-state index contributed by atoms with van der Waals surface area (Å²) in [5.74, 6) is 0. The second kappa shape index (κ2) is 6.80. The molecule has 0 fully saturated rings. The van der Waals surface area contributed by atoms with Crippen molar-refractivity contribution in [1.82, 2.24) is 10.3 Å². The highest BCUT2D eigenvalue weighted by Gasteiger charge is 2.14. The van der Waals surface area contributed by atoms with E-state index in [4.69, 9.17) is 0 Å². The fourth-order valence-corrected chi connectivity index (χ4v) is 3.83. The monoisotopic (exact) mass is 388 g/mol. The Labute approximate surface area is 128 Å². The van der Waals surface area contributed by atoms with E-state index >= 15 is 0 Å². The Morgan fingerprint density at radius 1 is 1.44 bits per heavy atom. The van der Waals surface area contributed by atoms with Crippen molar-refractivity contribution in [3.8, 4) is 0 Å². The molecule has 0 bridgehead atoms. The van der Waals surface area contributed by atoms with Crippen molar-refractivity contribution in [2.75, 3.05) is 7.05 Å². The zero-order chi connectivity index (χ0) is 13.0. The predicted molar refractivity (Wildman–Crippen MR) is 84.1 cm³/mol. The van der Waals surface area contributed by atoms with Crippen molar-refractivity contribution < 1.29 is 0 Å². The van der Waals surface area contributed by atoms with Crippen molar-refractivity contribution in [2.24, 2.45) is 0 Å². The van der Waals surface area contributed by atoms with Gasteiger partial charge in [0.25, 0.3) is 0 Å². The predicted octanol–water partition coefficient (Wildman–Crippen LogP) is 4.56. The molecule has 18 heavy (non-hydrogen) atoms. The Balaban J connectivity index is 2.08. The molecule has 2 nitrogen and oxygen atoms in total. The molecule has 96 valence electrons. The van der Waals surface area contributed by atoms with Gasteiger partial charge in [-0.15, -0.1) is 11.3 Å². The van der Waals surface area contributed by atoms with E-state index in [1.807, 2.05) is 30.6 Å². The highest BCUT2D eigenvalue weighted by molar-refractivity contribution is 9.11. The van der Waals surface area contributed by atoms with E-state index in [2.05, 4.69) is 59.7 Å². The molecule has 1 atom stereocenters. The molecule has 5 heteroatoms. The second-order valence-electron chi connectivity index (χ2n) is 3.98. The van der Waals surface area contributed by atoms with Crippen LogP contribution in [0.15, 0.2) is 38.7 Å². The van der Waals surface area contributed by atoms with Gasteiger partial charge < -0.3 is 5.32 Å². The van der Waals surface area contributed by atoms with Gasteiger partial charge in [0.15, 0.2) is 0 Å². The van der Waals surface area contributed by atoms with Gasteiger partial charge in [0.05, 0.1) is 11.7 Å². The molecule has 0 aliphatic heterocycles. The summed E-state index contributed by atoms with van der Waals surface area (Å²) >= 11 is 8.81. The standard InChI is InChI=1S/C13H14Br2N2S/c1-16-12(5-4-10-3-2-6-18-10)13-11(15)7-9(14)8-17-13/h2-3,6-8,12,16H,4-5H2,1H3. The Bertz CT molecular complexity index is 500. The second-order valence-corrected chi connectivity index (χ2v) is 6.78. The minimum absolute atomic E-state index is 0.273. The van der Waals surface area contributed by atoms with Gasteiger partial charge in [-0.3, -0.25) is 4.98 Å². The van der Waals surface area contributed by atoms with Gasteiger partial charge in [0, 0.05) is 20.0 Å². The van der Waals surface area contributed by atoms with Gasteiger partial charge in [-0.2, -0.15) is 0 Å². The number of nitrogens with zero attached hydrogens (tertiary/aromatic N) is 1. The number of aromatic nitrogens is 1. The Kier molecular flexibility index (Phi) is 5.36. The maximum absolute atomic E-state index is 4.50.